The molecule has 1 aliphatic heterocycles. The third-order valence-electron chi connectivity index (χ3n) is 4.37. The summed E-state index contributed by atoms with van der Waals surface area (Å²) in [5.41, 5.74) is 0.653. The summed E-state index contributed by atoms with van der Waals surface area (Å²) in [6.07, 6.45) is 0. The molecule has 1 heterocycles. The summed E-state index contributed by atoms with van der Waals surface area (Å²) in [4.78, 5) is 14.3. The molecule has 0 atom stereocenters. The van der Waals surface area contributed by atoms with Gasteiger partial charge in [-0.25, -0.2) is 17.5 Å². The SMILES string of the molecule is COc1ccc(S(=O)(=O)NCc2cccc(F)c2)cc1C(=O)N1CCOCC1. The Morgan fingerprint density at radius 3 is 2.64 bits per heavy atom. The van der Waals surface area contributed by atoms with Crippen molar-refractivity contribution in [3.05, 3.63) is 59.4 Å². The first kappa shape index (κ1) is 20.2. The van der Waals surface area contributed by atoms with E-state index in [1.807, 2.05) is 0 Å². The second-order valence-corrected chi connectivity index (χ2v) is 7.99. The Hall–Kier alpha value is -2.49. The van der Waals surface area contributed by atoms with Gasteiger partial charge in [-0.15, -0.1) is 0 Å². The maximum atomic E-state index is 13.3. The highest BCUT2D eigenvalue weighted by Gasteiger charge is 2.24. The average molecular weight is 408 g/mol. The minimum Gasteiger partial charge on any atom is -0.496 e. The van der Waals surface area contributed by atoms with Crippen LogP contribution < -0.4 is 9.46 Å². The van der Waals surface area contributed by atoms with Gasteiger partial charge in [0, 0.05) is 19.6 Å². The summed E-state index contributed by atoms with van der Waals surface area (Å²) in [6, 6.07) is 9.77. The number of morpholine rings is 1. The third-order valence-corrected chi connectivity index (χ3v) is 5.76. The van der Waals surface area contributed by atoms with Crippen LogP contribution in [0.2, 0.25) is 0 Å². The molecular formula is C19H21FN2O5S. The predicted octanol–water partition coefficient (Wildman–Crippen LogP) is 1.79. The zero-order chi connectivity index (χ0) is 20.1. The van der Waals surface area contributed by atoms with E-state index in [1.165, 1.54) is 43.5 Å². The van der Waals surface area contributed by atoms with Gasteiger partial charge in [0.05, 0.1) is 30.8 Å². The number of nitrogens with zero attached hydrogens (tertiary/aromatic N) is 1. The van der Waals surface area contributed by atoms with Crippen LogP contribution in [0.25, 0.3) is 0 Å². The molecule has 0 aromatic heterocycles. The van der Waals surface area contributed by atoms with Gasteiger partial charge < -0.3 is 14.4 Å². The lowest BCUT2D eigenvalue weighted by Gasteiger charge is -2.27. The summed E-state index contributed by atoms with van der Waals surface area (Å²) >= 11 is 0. The van der Waals surface area contributed by atoms with Gasteiger partial charge in [0.1, 0.15) is 11.6 Å². The van der Waals surface area contributed by atoms with E-state index in [1.54, 1.807) is 11.0 Å². The summed E-state index contributed by atoms with van der Waals surface area (Å²) in [6.45, 7) is 1.65. The number of hydrogen-bond donors (Lipinski definition) is 1. The van der Waals surface area contributed by atoms with Crippen LogP contribution in [0.4, 0.5) is 4.39 Å². The Morgan fingerprint density at radius 2 is 1.96 bits per heavy atom. The van der Waals surface area contributed by atoms with Gasteiger partial charge in [-0.2, -0.15) is 0 Å². The number of halogens is 1. The quantitative estimate of drug-likeness (QED) is 0.788. The molecule has 7 nitrogen and oxygen atoms in total. The molecule has 1 aliphatic rings. The van der Waals surface area contributed by atoms with Crippen molar-refractivity contribution in [3.63, 3.8) is 0 Å². The van der Waals surface area contributed by atoms with Gasteiger partial charge in [0.25, 0.3) is 5.91 Å². The largest absolute Gasteiger partial charge is 0.496 e. The van der Waals surface area contributed by atoms with E-state index >= 15 is 0 Å². The van der Waals surface area contributed by atoms with Crippen LogP contribution in [0.1, 0.15) is 15.9 Å². The van der Waals surface area contributed by atoms with E-state index in [2.05, 4.69) is 4.72 Å². The van der Waals surface area contributed by atoms with Gasteiger partial charge in [0.15, 0.2) is 0 Å². The van der Waals surface area contributed by atoms with E-state index in [0.717, 1.165) is 0 Å². The van der Waals surface area contributed by atoms with Gasteiger partial charge in [-0.3, -0.25) is 4.79 Å². The van der Waals surface area contributed by atoms with Crippen molar-refractivity contribution in [2.75, 3.05) is 33.4 Å². The molecule has 2 aromatic rings. The molecule has 3 rings (SSSR count). The van der Waals surface area contributed by atoms with Crippen molar-refractivity contribution in [1.82, 2.24) is 9.62 Å². The molecule has 1 amide bonds. The molecule has 0 aliphatic carbocycles. The first-order valence-corrected chi connectivity index (χ1v) is 10.2. The van der Waals surface area contributed by atoms with Gasteiger partial charge in [-0.05, 0) is 35.9 Å². The molecule has 28 heavy (non-hydrogen) atoms. The van der Waals surface area contributed by atoms with E-state index in [4.69, 9.17) is 9.47 Å². The lowest BCUT2D eigenvalue weighted by atomic mass is 10.1. The second-order valence-electron chi connectivity index (χ2n) is 6.22. The average Bonchev–Trinajstić information content (AvgIpc) is 2.72. The Kier molecular flexibility index (Phi) is 6.28. The van der Waals surface area contributed by atoms with Crippen LogP contribution in [-0.2, 0) is 21.3 Å². The van der Waals surface area contributed by atoms with Crippen LogP contribution >= 0.6 is 0 Å². The van der Waals surface area contributed by atoms with Gasteiger partial charge in [0.2, 0.25) is 10.0 Å². The van der Waals surface area contributed by atoms with Gasteiger partial charge in [-0.1, -0.05) is 12.1 Å². The van der Waals surface area contributed by atoms with Crippen molar-refractivity contribution in [2.24, 2.45) is 0 Å². The summed E-state index contributed by atoms with van der Waals surface area (Å²) in [5, 5.41) is 0. The lowest BCUT2D eigenvalue weighted by Crippen LogP contribution is -2.40. The number of carbonyl (C=O) groups excluding carboxylic acids is 1. The minimum atomic E-state index is -3.91. The van der Waals surface area contributed by atoms with Crippen LogP contribution in [0, 0.1) is 5.82 Å². The molecule has 0 radical (unpaired) electrons. The van der Waals surface area contributed by atoms with Gasteiger partial charge >= 0.3 is 0 Å². The van der Waals surface area contributed by atoms with E-state index in [-0.39, 0.29) is 22.9 Å². The molecule has 0 unspecified atom stereocenters. The Morgan fingerprint density at radius 1 is 1.21 bits per heavy atom. The van der Waals surface area contributed by atoms with Crippen molar-refractivity contribution < 1.29 is 27.1 Å². The number of benzene rings is 2. The van der Waals surface area contributed by atoms with E-state index in [9.17, 15) is 17.6 Å². The van der Waals surface area contributed by atoms with Crippen molar-refractivity contribution in [2.45, 2.75) is 11.4 Å². The minimum absolute atomic E-state index is 0.0682. The van der Waals surface area contributed by atoms with Crippen LogP contribution in [0.5, 0.6) is 5.75 Å². The molecule has 150 valence electrons. The molecule has 9 heteroatoms. The topological polar surface area (TPSA) is 84.9 Å². The maximum absolute atomic E-state index is 13.3. The molecule has 1 fully saturated rings. The van der Waals surface area contributed by atoms with E-state index < -0.39 is 15.8 Å². The van der Waals surface area contributed by atoms with Crippen molar-refractivity contribution in [3.8, 4) is 5.75 Å². The van der Waals surface area contributed by atoms with Crippen LogP contribution in [0.3, 0.4) is 0 Å². The normalized spacial score (nSPS) is 14.7. The first-order chi connectivity index (χ1) is 13.4. The number of sulfonamides is 1. The number of rotatable bonds is 6. The Balaban J connectivity index is 1.83. The monoisotopic (exact) mass is 408 g/mol. The zero-order valence-corrected chi connectivity index (χ0v) is 16.2. The number of ether oxygens (including phenoxy) is 2. The summed E-state index contributed by atoms with van der Waals surface area (Å²) in [7, 11) is -2.49. The maximum Gasteiger partial charge on any atom is 0.257 e. The summed E-state index contributed by atoms with van der Waals surface area (Å²) in [5.74, 6) is -0.470. The van der Waals surface area contributed by atoms with Crippen LogP contribution in [-0.4, -0.2) is 52.6 Å². The standard InChI is InChI=1S/C19H21FN2O5S/c1-26-18-6-5-16(12-17(18)19(23)22-7-9-27-10-8-22)28(24,25)21-13-14-3-2-4-15(20)11-14/h2-6,11-12,21H,7-10,13H2,1H3. The highest BCUT2D eigenvalue weighted by atomic mass is 32.2. The molecule has 0 saturated carbocycles. The molecule has 0 spiro atoms. The third kappa shape index (κ3) is 4.67. The summed E-state index contributed by atoms with van der Waals surface area (Å²) < 4.78 is 51.5. The first-order valence-electron chi connectivity index (χ1n) is 8.70. The Labute approximate surface area is 163 Å². The Bertz CT molecular complexity index is 959. The van der Waals surface area contributed by atoms with Crippen molar-refractivity contribution in [1.29, 1.82) is 0 Å². The number of carbonyl (C=O) groups is 1. The zero-order valence-electron chi connectivity index (χ0n) is 15.4. The predicted molar refractivity (Wildman–Crippen MR) is 100 cm³/mol. The lowest BCUT2D eigenvalue weighted by molar-refractivity contribution is 0.0300. The fraction of sp³-hybridized carbons (Fsp3) is 0.316. The fourth-order valence-electron chi connectivity index (χ4n) is 2.87. The number of methoxy groups -OCH3 is 1. The second kappa shape index (κ2) is 8.68. The highest BCUT2D eigenvalue weighted by Crippen LogP contribution is 2.24. The molecule has 1 N–H and O–H groups in total. The number of nitrogens with one attached hydrogen (secondary N) is 1. The highest BCUT2D eigenvalue weighted by molar-refractivity contribution is 7.89. The molecule has 1 saturated heterocycles. The van der Waals surface area contributed by atoms with E-state index in [0.29, 0.717) is 37.6 Å². The number of hydrogen-bond acceptors (Lipinski definition) is 5. The molecule has 2 aromatic carbocycles. The smallest absolute Gasteiger partial charge is 0.257 e. The van der Waals surface area contributed by atoms with Crippen molar-refractivity contribution >= 4 is 15.9 Å². The molecule has 0 bridgehead atoms. The fourth-order valence-corrected chi connectivity index (χ4v) is 3.91. The van der Waals surface area contributed by atoms with Crippen LogP contribution in [0.15, 0.2) is 47.4 Å². The number of amides is 1. The molecular weight excluding hydrogens is 387 g/mol.